The Hall–Kier alpha value is -1.11. The standard InChI is InChI=1S/C2H2N2O2.CH4/c3-1-2-4(5)6;/h2H2;1H4. The maximum Gasteiger partial charge on any atom is 0.287 e. The largest absolute Gasteiger partial charge is 0.287 e. The second-order valence-electron chi connectivity index (χ2n) is 0.649. The molecule has 0 unspecified atom stereocenters. The minimum absolute atomic E-state index is 0. The Kier molecular flexibility index (Phi) is 6.50. The van der Waals surface area contributed by atoms with Crippen molar-refractivity contribution in [1.82, 2.24) is 0 Å². The first-order valence-electron chi connectivity index (χ1n) is 1.26. The fraction of sp³-hybridized carbons (Fsp3) is 0.667. The molecule has 0 aliphatic rings. The van der Waals surface area contributed by atoms with Gasteiger partial charge in [0.05, 0.1) is 0 Å². The molecule has 0 bridgehead atoms. The minimum Gasteiger partial charge on any atom is -0.263 e. The van der Waals surface area contributed by atoms with Crippen LogP contribution < -0.4 is 0 Å². The van der Waals surface area contributed by atoms with Crippen molar-refractivity contribution in [2.45, 2.75) is 7.43 Å². The highest BCUT2D eigenvalue weighted by Gasteiger charge is 1.85. The van der Waals surface area contributed by atoms with E-state index in [1.54, 1.807) is 0 Å². The van der Waals surface area contributed by atoms with Gasteiger partial charge in [0.15, 0.2) is 0 Å². The van der Waals surface area contributed by atoms with E-state index >= 15 is 0 Å². The Balaban J connectivity index is 0. The Morgan fingerprint density at radius 1 is 1.86 bits per heavy atom. The van der Waals surface area contributed by atoms with Gasteiger partial charge >= 0.3 is 0 Å². The fourth-order valence-corrected chi connectivity index (χ4v) is 0.0577. The van der Waals surface area contributed by atoms with E-state index in [9.17, 15) is 10.1 Å². The summed E-state index contributed by atoms with van der Waals surface area (Å²) in [5, 5.41) is 16.7. The molecule has 0 aromatic heterocycles. The van der Waals surface area contributed by atoms with Crippen molar-refractivity contribution in [3.63, 3.8) is 0 Å². The maximum atomic E-state index is 9.18. The molecule has 0 amide bonds. The predicted octanol–water partition coefficient (Wildman–Crippen LogP) is 0.423. The van der Waals surface area contributed by atoms with Gasteiger partial charge in [0.1, 0.15) is 6.07 Å². The van der Waals surface area contributed by atoms with E-state index in [1.165, 1.54) is 6.07 Å². The number of hydrogen-bond donors (Lipinski definition) is 0. The first-order valence-corrected chi connectivity index (χ1v) is 1.26. The van der Waals surface area contributed by atoms with Crippen molar-refractivity contribution in [2.75, 3.05) is 6.54 Å². The molecule has 7 heavy (non-hydrogen) atoms. The predicted molar refractivity (Wildman–Crippen MR) is 24.2 cm³/mol. The van der Waals surface area contributed by atoms with E-state index < -0.39 is 11.5 Å². The third-order valence-corrected chi connectivity index (χ3v) is 0.200. The van der Waals surface area contributed by atoms with Gasteiger partial charge in [-0.25, -0.2) is 0 Å². The molecule has 4 nitrogen and oxygen atoms in total. The Morgan fingerprint density at radius 2 is 2.29 bits per heavy atom. The number of hydrogen-bond acceptors (Lipinski definition) is 3. The lowest BCUT2D eigenvalue weighted by Crippen LogP contribution is -1.94. The van der Waals surface area contributed by atoms with Crippen LogP contribution in [-0.2, 0) is 0 Å². The summed E-state index contributed by atoms with van der Waals surface area (Å²) in [4.78, 5) is 8.50. The third kappa shape index (κ3) is 11.4. The van der Waals surface area contributed by atoms with Crippen molar-refractivity contribution < 1.29 is 4.92 Å². The molecule has 0 aromatic carbocycles. The van der Waals surface area contributed by atoms with Gasteiger partial charge in [0, 0.05) is 4.92 Å². The van der Waals surface area contributed by atoms with Crippen LogP contribution in [0, 0.1) is 21.4 Å². The highest BCUT2D eigenvalue weighted by molar-refractivity contribution is 4.64. The van der Waals surface area contributed by atoms with Gasteiger partial charge in [0.2, 0.25) is 0 Å². The molecule has 0 atom stereocenters. The summed E-state index contributed by atoms with van der Waals surface area (Å²) < 4.78 is 0. The molecule has 0 saturated carbocycles. The smallest absolute Gasteiger partial charge is 0.263 e. The summed E-state index contributed by atoms with van der Waals surface area (Å²) in [5.74, 6) is 0. The van der Waals surface area contributed by atoms with Crippen molar-refractivity contribution >= 4 is 0 Å². The third-order valence-electron chi connectivity index (χ3n) is 0.200. The van der Waals surface area contributed by atoms with Crippen LogP contribution in [0.2, 0.25) is 0 Å². The molecular formula is C3H6N2O2. The average molecular weight is 102 g/mol. The topological polar surface area (TPSA) is 66.9 Å². The fourth-order valence-electron chi connectivity index (χ4n) is 0.0577. The summed E-state index contributed by atoms with van der Waals surface area (Å²) in [5.41, 5.74) is 0. The highest BCUT2D eigenvalue weighted by atomic mass is 16.6. The molecular weight excluding hydrogens is 96.0 g/mol. The van der Waals surface area contributed by atoms with Crippen molar-refractivity contribution in [2.24, 2.45) is 0 Å². The number of rotatable bonds is 1. The number of nitrogens with zero attached hydrogens (tertiary/aromatic N) is 2. The van der Waals surface area contributed by atoms with Crippen LogP contribution in [0.5, 0.6) is 0 Å². The summed E-state index contributed by atoms with van der Waals surface area (Å²) >= 11 is 0. The van der Waals surface area contributed by atoms with Gasteiger partial charge in [-0.2, -0.15) is 5.26 Å². The van der Waals surface area contributed by atoms with Crippen LogP contribution in [0.3, 0.4) is 0 Å². The Morgan fingerprint density at radius 3 is 2.29 bits per heavy atom. The van der Waals surface area contributed by atoms with Gasteiger partial charge < -0.3 is 0 Å². The molecule has 0 aliphatic carbocycles. The van der Waals surface area contributed by atoms with Crippen LogP contribution in [0.25, 0.3) is 0 Å². The zero-order valence-corrected chi connectivity index (χ0v) is 2.92. The first kappa shape index (κ1) is 9.31. The van der Waals surface area contributed by atoms with Gasteiger partial charge in [0.25, 0.3) is 6.54 Å². The molecule has 0 N–H and O–H groups in total. The van der Waals surface area contributed by atoms with Gasteiger partial charge in [-0.15, -0.1) is 0 Å². The normalized spacial score (nSPS) is 5.57. The highest BCUT2D eigenvalue weighted by Crippen LogP contribution is 1.58. The molecule has 4 heteroatoms. The van der Waals surface area contributed by atoms with Crippen molar-refractivity contribution in [1.29, 1.82) is 5.26 Å². The van der Waals surface area contributed by atoms with E-state index in [2.05, 4.69) is 0 Å². The molecule has 0 saturated heterocycles. The second-order valence-corrected chi connectivity index (χ2v) is 0.649. The van der Waals surface area contributed by atoms with Gasteiger partial charge in [-0.1, -0.05) is 7.43 Å². The lowest BCUT2D eigenvalue weighted by Gasteiger charge is -1.71. The average Bonchev–Trinajstić information content (AvgIpc) is 1.35. The second kappa shape index (κ2) is 4.89. The zero-order chi connectivity index (χ0) is 4.99. The molecule has 0 radical (unpaired) electrons. The number of nitriles is 1. The zero-order valence-electron chi connectivity index (χ0n) is 2.92. The Bertz CT molecular complexity index is 93.6. The molecule has 0 aliphatic heterocycles. The van der Waals surface area contributed by atoms with Crippen molar-refractivity contribution in [3.05, 3.63) is 10.1 Å². The van der Waals surface area contributed by atoms with Crippen LogP contribution >= 0.6 is 0 Å². The molecule has 40 valence electrons. The van der Waals surface area contributed by atoms with Crippen LogP contribution in [0.1, 0.15) is 7.43 Å². The quantitative estimate of drug-likeness (QED) is 0.274. The van der Waals surface area contributed by atoms with Crippen LogP contribution in [-0.4, -0.2) is 11.5 Å². The van der Waals surface area contributed by atoms with E-state index in [0.29, 0.717) is 0 Å². The Labute approximate surface area is 41.5 Å². The SMILES string of the molecule is C.N#CC[N+](=O)[O-]. The van der Waals surface area contributed by atoms with Crippen molar-refractivity contribution in [3.8, 4) is 6.07 Å². The summed E-state index contributed by atoms with van der Waals surface area (Å²) in [7, 11) is 0. The molecule has 0 rings (SSSR count). The van der Waals surface area contributed by atoms with E-state index in [-0.39, 0.29) is 7.43 Å². The van der Waals surface area contributed by atoms with Crippen LogP contribution in [0.4, 0.5) is 0 Å². The summed E-state index contributed by atoms with van der Waals surface area (Å²) in [6.07, 6.45) is 0. The maximum absolute atomic E-state index is 9.18. The lowest BCUT2D eigenvalue weighted by molar-refractivity contribution is -0.466. The van der Waals surface area contributed by atoms with Gasteiger partial charge in [-0.3, -0.25) is 10.1 Å². The lowest BCUT2D eigenvalue weighted by atomic mass is 10.8. The van der Waals surface area contributed by atoms with Gasteiger partial charge in [-0.05, 0) is 0 Å². The first-order chi connectivity index (χ1) is 2.77. The van der Waals surface area contributed by atoms with E-state index in [1.807, 2.05) is 0 Å². The molecule has 0 spiro atoms. The molecule has 0 fully saturated rings. The summed E-state index contributed by atoms with van der Waals surface area (Å²) in [6.45, 7) is -0.597. The van der Waals surface area contributed by atoms with E-state index in [0.717, 1.165) is 0 Å². The molecule has 0 heterocycles. The minimum atomic E-state index is -0.681. The number of nitro groups is 1. The van der Waals surface area contributed by atoms with E-state index in [4.69, 9.17) is 5.26 Å². The van der Waals surface area contributed by atoms with Crippen LogP contribution in [0.15, 0.2) is 0 Å². The monoisotopic (exact) mass is 102 g/mol. The summed E-state index contributed by atoms with van der Waals surface area (Å²) in [6, 6.07) is 1.37. The molecule has 0 aromatic rings.